The molecule has 0 spiro atoms. The molecule has 0 bridgehead atoms. The molecule has 0 saturated heterocycles. The number of benzene rings is 1. The Morgan fingerprint density at radius 1 is 1.11 bits per heavy atom. The zero-order valence-corrected chi connectivity index (χ0v) is 10.5. The van der Waals surface area contributed by atoms with E-state index < -0.39 is 0 Å². The molecule has 0 saturated carbocycles. The minimum absolute atomic E-state index is 0.746. The predicted octanol–water partition coefficient (Wildman–Crippen LogP) is 1.89. The lowest BCUT2D eigenvalue weighted by molar-refractivity contribution is 0.668. The smallest absolute Gasteiger partial charge is 0.120 e. The Morgan fingerprint density at radius 3 is 2.68 bits per heavy atom. The van der Waals surface area contributed by atoms with Crippen LogP contribution < -0.4 is 5.32 Å². The van der Waals surface area contributed by atoms with Gasteiger partial charge in [-0.2, -0.15) is 0 Å². The molecule has 0 amide bonds. The van der Waals surface area contributed by atoms with Crippen molar-refractivity contribution < 1.29 is 0 Å². The van der Waals surface area contributed by atoms with E-state index >= 15 is 0 Å². The summed E-state index contributed by atoms with van der Waals surface area (Å²) in [4.78, 5) is 11.3. The summed E-state index contributed by atoms with van der Waals surface area (Å²) in [6, 6.07) is 8.41. The molecule has 3 rings (SSSR count). The van der Waals surface area contributed by atoms with Crippen molar-refractivity contribution in [2.75, 3.05) is 0 Å². The molecule has 96 valence electrons. The van der Waals surface area contributed by atoms with Gasteiger partial charge in [0.05, 0.1) is 12.9 Å². The van der Waals surface area contributed by atoms with Gasteiger partial charge in [0.25, 0.3) is 0 Å². The van der Waals surface area contributed by atoms with Gasteiger partial charge in [0.15, 0.2) is 0 Å². The molecule has 2 N–H and O–H groups in total. The third-order valence-corrected chi connectivity index (χ3v) is 2.92. The van der Waals surface area contributed by atoms with Crippen LogP contribution in [-0.4, -0.2) is 19.5 Å². The summed E-state index contributed by atoms with van der Waals surface area (Å²) < 4.78 is 1.99. The van der Waals surface area contributed by atoms with E-state index in [4.69, 9.17) is 0 Å². The van der Waals surface area contributed by atoms with Gasteiger partial charge in [-0.25, -0.2) is 9.97 Å². The lowest BCUT2D eigenvalue weighted by atomic mass is 10.2. The van der Waals surface area contributed by atoms with Crippen LogP contribution in [-0.2, 0) is 13.1 Å². The molecule has 3 aromatic rings. The van der Waals surface area contributed by atoms with E-state index in [0.29, 0.717) is 0 Å². The van der Waals surface area contributed by atoms with Crippen LogP contribution in [0.1, 0.15) is 11.4 Å². The monoisotopic (exact) mass is 253 g/mol. The average molecular weight is 253 g/mol. The number of aromatic nitrogens is 4. The largest absolute Gasteiger partial charge is 0.348 e. The van der Waals surface area contributed by atoms with Gasteiger partial charge < -0.3 is 14.9 Å². The Labute approximate surface area is 111 Å². The Kier molecular flexibility index (Phi) is 3.38. The molecule has 0 radical (unpaired) electrons. The second-order valence-electron chi connectivity index (χ2n) is 4.28. The summed E-state index contributed by atoms with van der Waals surface area (Å²) in [5.41, 5.74) is 2.36. The van der Waals surface area contributed by atoms with E-state index in [0.717, 1.165) is 24.6 Å². The highest BCUT2D eigenvalue weighted by Crippen LogP contribution is 2.09. The lowest BCUT2D eigenvalue weighted by Crippen LogP contribution is -2.13. The first-order chi connectivity index (χ1) is 9.42. The van der Waals surface area contributed by atoms with E-state index in [9.17, 15) is 0 Å². The van der Waals surface area contributed by atoms with Crippen LogP contribution in [0, 0.1) is 0 Å². The summed E-state index contributed by atoms with van der Waals surface area (Å²) in [5, 5.41) is 3.35. The first-order valence-electron chi connectivity index (χ1n) is 6.18. The molecule has 2 heterocycles. The normalized spacial score (nSPS) is 10.7. The summed E-state index contributed by atoms with van der Waals surface area (Å²) in [6.45, 7) is 1.57. The van der Waals surface area contributed by atoms with E-state index in [2.05, 4.69) is 44.5 Å². The zero-order valence-electron chi connectivity index (χ0n) is 10.5. The molecule has 1 aromatic carbocycles. The van der Waals surface area contributed by atoms with Crippen molar-refractivity contribution in [1.82, 2.24) is 24.8 Å². The highest BCUT2D eigenvalue weighted by molar-refractivity contribution is 5.34. The molecule has 19 heavy (non-hydrogen) atoms. The van der Waals surface area contributed by atoms with Crippen molar-refractivity contribution in [3.05, 3.63) is 66.8 Å². The molecule has 0 fully saturated rings. The van der Waals surface area contributed by atoms with Gasteiger partial charge >= 0.3 is 0 Å². The van der Waals surface area contributed by atoms with Crippen LogP contribution in [0.4, 0.5) is 0 Å². The fraction of sp³-hybridized carbons (Fsp3) is 0.143. The fourth-order valence-corrected chi connectivity index (χ4v) is 1.92. The molecular formula is C14H15N5. The number of imidazole rings is 2. The van der Waals surface area contributed by atoms with Gasteiger partial charge in [0.2, 0.25) is 0 Å². The van der Waals surface area contributed by atoms with Gasteiger partial charge in [-0.05, 0) is 17.7 Å². The lowest BCUT2D eigenvalue weighted by Gasteiger charge is -2.05. The van der Waals surface area contributed by atoms with Gasteiger partial charge in [-0.15, -0.1) is 0 Å². The fourth-order valence-electron chi connectivity index (χ4n) is 1.92. The molecule has 0 aliphatic heterocycles. The van der Waals surface area contributed by atoms with Crippen LogP contribution in [0.3, 0.4) is 0 Å². The van der Waals surface area contributed by atoms with E-state index in [1.54, 1.807) is 18.7 Å². The minimum atomic E-state index is 0.746. The summed E-state index contributed by atoms with van der Waals surface area (Å²) >= 11 is 0. The van der Waals surface area contributed by atoms with Crippen molar-refractivity contribution >= 4 is 0 Å². The Hall–Kier alpha value is -2.40. The Balaban J connectivity index is 1.57. The SMILES string of the molecule is c1cn(-c2ccc(CNCc3ncc[nH]3)cc2)cn1. The molecule has 0 atom stereocenters. The predicted molar refractivity (Wildman–Crippen MR) is 72.7 cm³/mol. The summed E-state index contributed by atoms with van der Waals surface area (Å²) in [7, 11) is 0. The Bertz CT molecular complexity index is 596. The van der Waals surface area contributed by atoms with Crippen LogP contribution in [0.15, 0.2) is 55.4 Å². The number of rotatable bonds is 5. The van der Waals surface area contributed by atoms with Crippen LogP contribution in [0.5, 0.6) is 0 Å². The zero-order chi connectivity index (χ0) is 12.9. The molecule has 0 aliphatic carbocycles. The van der Waals surface area contributed by atoms with Crippen molar-refractivity contribution in [3.8, 4) is 5.69 Å². The van der Waals surface area contributed by atoms with E-state index in [1.807, 2.05) is 17.0 Å². The highest BCUT2D eigenvalue weighted by Gasteiger charge is 1.98. The van der Waals surface area contributed by atoms with Crippen molar-refractivity contribution in [1.29, 1.82) is 0 Å². The number of hydrogen-bond acceptors (Lipinski definition) is 3. The molecular weight excluding hydrogens is 238 g/mol. The Morgan fingerprint density at radius 2 is 2.00 bits per heavy atom. The van der Waals surface area contributed by atoms with Crippen molar-refractivity contribution in [2.45, 2.75) is 13.1 Å². The van der Waals surface area contributed by atoms with Crippen molar-refractivity contribution in [3.63, 3.8) is 0 Å². The van der Waals surface area contributed by atoms with Crippen LogP contribution in [0.25, 0.3) is 5.69 Å². The maximum atomic E-state index is 4.17. The number of hydrogen-bond donors (Lipinski definition) is 2. The van der Waals surface area contributed by atoms with Gasteiger partial charge in [0.1, 0.15) is 5.82 Å². The quantitative estimate of drug-likeness (QED) is 0.730. The molecule has 0 unspecified atom stereocenters. The first-order valence-corrected chi connectivity index (χ1v) is 6.18. The highest BCUT2D eigenvalue weighted by atomic mass is 15.0. The molecule has 5 heteroatoms. The summed E-state index contributed by atoms with van der Waals surface area (Å²) in [6.07, 6.45) is 9.10. The van der Waals surface area contributed by atoms with E-state index in [1.165, 1.54) is 5.56 Å². The molecule has 0 aliphatic rings. The second-order valence-corrected chi connectivity index (χ2v) is 4.28. The van der Waals surface area contributed by atoms with Gasteiger partial charge in [-0.3, -0.25) is 0 Å². The van der Waals surface area contributed by atoms with Gasteiger partial charge in [0, 0.05) is 37.0 Å². The average Bonchev–Trinajstić information content (AvgIpc) is 3.13. The van der Waals surface area contributed by atoms with E-state index in [-0.39, 0.29) is 0 Å². The standard InChI is InChI=1S/C14H15N5/c1-3-13(19-8-7-15-11-19)4-2-12(1)9-16-10-14-17-5-6-18-14/h1-8,11,16H,9-10H2,(H,17,18). The second kappa shape index (κ2) is 5.49. The third kappa shape index (κ3) is 2.89. The number of aromatic amines is 1. The molecule has 2 aromatic heterocycles. The van der Waals surface area contributed by atoms with Crippen molar-refractivity contribution in [2.24, 2.45) is 0 Å². The topological polar surface area (TPSA) is 58.5 Å². The number of nitrogens with one attached hydrogen (secondary N) is 2. The number of nitrogens with zero attached hydrogens (tertiary/aromatic N) is 3. The first kappa shape index (κ1) is 11.7. The molecule has 5 nitrogen and oxygen atoms in total. The third-order valence-electron chi connectivity index (χ3n) is 2.92. The van der Waals surface area contributed by atoms with Crippen LogP contribution in [0.2, 0.25) is 0 Å². The minimum Gasteiger partial charge on any atom is -0.348 e. The summed E-state index contributed by atoms with van der Waals surface area (Å²) in [5.74, 6) is 0.954. The van der Waals surface area contributed by atoms with Gasteiger partial charge in [-0.1, -0.05) is 12.1 Å². The van der Waals surface area contributed by atoms with Crippen LogP contribution >= 0.6 is 0 Å². The maximum absolute atomic E-state index is 4.17. The maximum Gasteiger partial charge on any atom is 0.120 e. The number of H-pyrrole nitrogens is 1.